The van der Waals surface area contributed by atoms with Gasteiger partial charge in [-0.2, -0.15) is 5.26 Å². The van der Waals surface area contributed by atoms with E-state index in [1.165, 1.54) is 6.26 Å². The predicted molar refractivity (Wildman–Crippen MR) is 124 cm³/mol. The van der Waals surface area contributed by atoms with Gasteiger partial charge in [0, 0.05) is 40.7 Å². The van der Waals surface area contributed by atoms with Crippen molar-refractivity contribution < 1.29 is 8.42 Å². The SMILES string of the molecule is CS(=O)(=O)c1ccc(Nc2cc3c(C#Cc4ccc(CC#N)cc4)nccc3cn2)cc1. The first-order valence-electron chi connectivity index (χ1n) is 9.72. The molecule has 4 rings (SSSR count). The topological polar surface area (TPSA) is 95.7 Å². The third kappa shape index (κ3) is 4.92. The van der Waals surface area contributed by atoms with Crippen LogP contribution in [0.25, 0.3) is 10.8 Å². The summed E-state index contributed by atoms with van der Waals surface area (Å²) in [4.78, 5) is 9.11. The molecule has 32 heavy (non-hydrogen) atoms. The molecule has 156 valence electrons. The second-order valence-electron chi connectivity index (χ2n) is 7.15. The van der Waals surface area contributed by atoms with Gasteiger partial charge in [-0.1, -0.05) is 18.1 Å². The van der Waals surface area contributed by atoms with Gasteiger partial charge in [-0.15, -0.1) is 0 Å². The van der Waals surface area contributed by atoms with Crippen LogP contribution in [0.3, 0.4) is 0 Å². The number of pyridine rings is 2. The van der Waals surface area contributed by atoms with E-state index in [-0.39, 0.29) is 4.90 Å². The van der Waals surface area contributed by atoms with Crippen LogP contribution in [-0.2, 0) is 16.3 Å². The first kappa shape index (κ1) is 21.0. The number of hydrogen-bond acceptors (Lipinski definition) is 6. The summed E-state index contributed by atoms with van der Waals surface area (Å²) in [6.07, 6.45) is 4.99. The van der Waals surface area contributed by atoms with Gasteiger partial charge < -0.3 is 5.32 Å². The van der Waals surface area contributed by atoms with Crippen LogP contribution in [0.1, 0.15) is 16.8 Å². The number of sulfone groups is 1. The maximum Gasteiger partial charge on any atom is 0.175 e. The molecule has 0 saturated heterocycles. The highest BCUT2D eigenvalue weighted by Gasteiger charge is 2.07. The Morgan fingerprint density at radius 2 is 1.72 bits per heavy atom. The molecule has 0 radical (unpaired) electrons. The molecule has 0 amide bonds. The van der Waals surface area contributed by atoms with E-state index in [1.54, 1.807) is 36.7 Å². The molecule has 0 bridgehead atoms. The predicted octanol–water partition coefficient (Wildman–Crippen LogP) is 4.24. The van der Waals surface area contributed by atoms with Gasteiger partial charge in [-0.05, 0) is 60.0 Å². The van der Waals surface area contributed by atoms with Crippen LogP contribution >= 0.6 is 0 Å². The monoisotopic (exact) mass is 438 g/mol. The number of nitrogens with one attached hydrogen (secondary N) is 1. The lowest BCUT2D eigenvalue weighted by Crippen LogP contribution is -1.98. The van der Waals surface area contributed by atoms with E-state index in [1.807, 2.05) is 36.4 Å². The summed E-state index contributed by atoms with van der Waals surface area (Å²) in [5, 5.41) is 13.7. The normalized spacial score (nSPS) is 10.8. The highest BCUT2D eigenvalue weighted by molar-refractivity contribution is 7.90. The third-order valence-electron chi connectivity index (χ3n) is 4.76. The summed E-state index contributed by atoms with van der Waals surface area (Å²) in [5.41, 5.74) is 3.14. The Bertz CT molecular complexity index is 1490. The van der Waals surface area contributed by atoms with Crippen molar-refractivity contribution >= 4 is 32.1 Å². The maximum absolute atomic E-state index is 11.6. The highest BCUT2D eigenvalue weighted by Crippen LogP contribution is 2.22. The third-order valence-corrected chi connectivity index (χ3v) is 5.89. The van der Waals surface area contributed by atoms with Crippen LogP contribution in [0.4, 0.5) is 11.5 Å². The number of rotatable bonds is 4. The van der Waals surface area contributed by atoms with Gasteiger partial charge >= 0.3 is 0 Å². The number of hydrogen-bond donors (Lipinski definition) is 1. The fraction of sp³-hybridized carbons (Fsp3) is 0.0800. The fourth-order valence-electron chi connectivity index (χ4n) is 3.10. The second-order valence-corrected chi connectivity index (χ2v) is 9.17. The second kappa shape index (κ2) is 8.89. The van der Waals surface area contributed by atoms with Crippen molar-refractivity contribution in [1.29, 1.82) is 5.26 Å². The van der Waals surface area contributed by atoms with Gasteiger partial charge in [0.25, 0.3) is 0 Å². The Morgan fingerprint density at radius 1 is 0.969 bits per heavy atom. The van der Waals surface area contributed by atoms with Crippen LogP contribution in [0, 0.1) is 23.2 Å². The number of aromatic nitrogens is 2. The van der Waals surface area contributed by atoms with Crippen LogP contribution in [0.15, 0.2) is 78.0 Å². The van der Waals surface area contributed by atoms with Crippen molar-refractivity contribution in [2.75, 3.05) is 11.6 Å². The molecular formula is C25H18N4O2S. The van der Waals surface area contributed by atoms with Gasteiger partial charge in [0.05, 0.1) is 17.4 Å². The summed E-state index contributed by atoms with van der Waals surface area (Å²) in [6, 6.07) is 19.9. The maximum atomic E-state index is 11.6. The Kier molecular flexibility index (Phi) is 5.85. The van der Waals surface area contributed by atoms with E-state index >= 15 is 0 Å². The minimum atomic E-state index is -3.24. The van der Waals surface area contributed by atoms with E-state index < -0.39 is 9.84 Å². The van der Waals surface area contributed by atoms with E-state index in [4.69, 9.17) is 5.26 Å². The standard InChI is InChI=1S/C25H18N4O2S/c1-32(30,31)22-9-7-21(8-10-22)29-25-16-23-20(17-28-25)13-15-27-24(23)11-6-18-2-4-19(5-3-18)12-14-26/h2-5,7-10,13,15-17H,12H2,1H3,(H,28,29). The number of anilines is 2. The molecule has 0 saturated carbocycles. The highest BCUT2D eigenvalue weighted by atomic mass is 32.2. The summed E-state index contributed by atoms with van der Waals surface area (Å²) >= 11 is 0. The van der Waals surface area contributed by atoms with E-state index in [9.17, 15) is 8.42 Å². The molecule has 0 atom stereocenters. The molecule has 0 aliphatic rings. The van der Waals surface area contributed by atoms with Crippen molar-refractivity contribution in [3.05, 3.63) is 89.9 Å². The van der Waals surface area contributed by atoms with Crippen molar-refractivity contribution in [2.24, 2.45) is 0 Å². The fourth-order valence-corrected chi connectivity index (χ4v) is 3.73. The molecular weight excluding hydrogens is 420 g/mol. The molecule has 0 aliphatic carbocycles. The lowest BCUT2D eigenvalue weighted by atomic mass is 10.1. The minimum Gasteiger partial charge on any atom is -0.340 e. The summed E-state index contributed by atoms with van der Waals surface area (Å²) in [6.45, 7) is 0. The Morgan fingerprint density at radius 3 is 2.41 bits per heavy atom. The zero-order valence-corrected chi connectivity index (χ0v) is 18.0. The average molecular weight is 439 g/mol. The molecule has 6 nitrogen and oxygen atoms in total. The minimum absolute atomic E-state index is 0.261. The molecule has 0 aliphatic heterocycles. The molecule has 7 heteroatoms. The molecule has 2 aromatic heterocycles. The quantitative estimate of drug-likeness (QED) is 0.479. The summed E-state index contributed by atoms with van der Waals surface area (Å²) < 4.78 is 23.3. The van der Waals surface area contributed by atoms with E-state index in [0.717, 1.165) is 27.6 Å². The van der Waals surface area contributed by atoms with Crippen LogP contribution in [0.5, 0.6) is 0 Å². The van der Waals surface area contributed by atoms with Crippen LogP contribution in [0.2, 0.25) is 0 Å². The molecule has 4 aromatic rings. The van der Waals surface area contributed by atoms with E-state index in [2.05, 4.69) is 33.2 Å². The van der Waals surface area contributed by atoms with Gasteiger partial charge in [0.1, 0.15) is 11.5 Å². The first-order chi connectivity index (χ1) is 15.4. The van der Waals surface area contributed by atoms with Crippen LogP contribution < -0.4 is 5.32 Å². The molecule has 0 spiro atoms. The number of fused-ring (bicyclic) bond motifs is 1. The molecule has 2 heterocycles. The number of benzene rings is 2. The Labute approximate surface area is 186 Å². The molecule has 1 N–H and O–H groups in total. The summed E-state index contributed by atoms with van der Waals surface area (Å²) in [5.74, 6) is 6.84. The molecule has 2 aromatic carbocycles. The van der Waals surface area contributed by atoms with Crippen molar-refractivity contribution in [3.63, 3.8) is 0 Å². The molecule has 0 fully saturated rings. The van der Waals surface area contributed by atoms with Gasteiger partial charge in [-0.25, -0.2) is 18.4 Å². The van der Waals surface area contributed by atoms with Crippen molar-refractivity contribution in [2.45, 2.75) is 11.3 Å². The Balaban J connectivity index is 1.62. The smallest absolute Gasteiger partial charge is 0.175 e. The summed E-state index contributed by atoms with van der Waals surface area (Å²) in [7, 11) is -3.24. The van der Waals surface area contributed by atoms with Crippen LogP contribution in [-0.4, -0.2) is 24.6 Å². The zero-order chi connectivity index (χ0) is 22.6. The van der Waals surface area contributed by atoms with Crippen molar-refractivity contribution in [3.8, 4) is 17.9 Å². The zero-order valence-electron chi connectivity index (χ0n) is 17.2. The molecule has 0 unspecified atom stereocenters. The van der Waals surface area contributed by atoms with E-state index in [0.29, 0.717) is 17.9 Å². The lowest BCUT2D eigenvalue weighted by Gasteiger charge is -2.08. The first-order valence-corrected chi connectivity index (χ1v) is 11.6. The Hall–Kier alpha value is -4.20. The average Bonchev–Trinajstić information content (AvgIpc) is 2.78. The van der Waals surface area contributed by atoms with Gasteiger partial charge in [-0.3, -0.25) is 0 Å². The lowest BCUT2D eigenvalue weighted by molar-refractivity contribution is 0.602. The largest absolute Gasteiger partial charge is 0.340 e. The number of nitrogens with zero attached hydrogens (tertiary/aromatic N) is 3. The van der Waals surface area contributed by atoms with Crippen molar-refractivity contribution in [1.82, 2.24) is 9.97 Å². The number of nitriles is 1. The van der Waals surface area contributed by atoms with Gasteiger partial charge in [0.2, 0.25) is 0 Å². The van der Waals surface area contributed by atoms with Gasteiger partial charge in [0.15, 0.2) is 9.84 Å².